The SMILES string of the molecule is CCCC[C@H](CO)NC(=O)c1cccc(NC(=O)CC)c1. The van der Waals surface area contributed by atoms with Crippen molar-refractivity contribution in [2.24, 2.45) is 0 Å². The van der Waals surface area contributed by atoms with E-state index in [1.807, 2.05) is 0 Å². The number of aliphatic hydroxyl groups excluding tert-OH is 1. The van der Waals surface area contributed by atoms with Crippen LogP contribution < -0.4 is 10.6 Å². The van der Waals surface area contributed by atoms with Crippen molar-refractivity contribution in [3.05, 3.63) is 29.8 Å². The number of hydrogen-bond acceptors (Lipinski definition) is 3. The third kappa shape index (κ3) is 5.95. The molecule has 0 saturated carbocycles. The van der Waals surface area contributed by atoms with E-state index in [0.717, 1.165) is 19.3 Å². The van der Waals surface area contributed by atoms with Crippen molar-refractivity contribution in [2.45, 2.75) is 45.6 Å². The third-order valence-electron chi connectivity index (χ3n) is 3.19. The van der Waals surface area contributed by atoms with Crippen molar-refractivity contribution in [2.75, 3.05) is 11.9 Å². The van der Waals surface area contributed by atoms with Crippen molar-refractivity contribution >= 4 is 17.5 Å². The predicted molar refractivity (Wildman–Crippen MR) is 83.2 cm³/mol. The van der Waals surface area contributed by atoms with E-state index >= 15 is 0 Å². The number of nitrogens with one attached hydrogen (secondary N) is 2. The summed E-state index contributed by atoms with van der Waals surface area (Å²) in [6.45, 7) is 3.76. The quantitative estimate of drug-likeness (QED) is 0.688. The van der Waals surface area contributed by atoms with Crippen LogP contribution >= 0.6 is 0 Å². The Labute approximate surface area is 125 Å². The number of unbranched alkanes of at least 4 members (excludes halogenated alkanes) is 1. The summed E-state index contributed by atoms with van der Waals surface area (Å²) in [6, 6.07) is 6.55. The second-order valence-electron chi connectivity index (χ2n) is 4.98. The molecule has 1 atom stereocenters. The molecule has 2 amide bonds. The van der Waals surface area contributed by atoms with Gasteiger partial charge in [-0.25, -0.2) is 0 Å². The Balaban J connectivity index is 2.68. The second-order valence-corrected chi connectivity index (χ2v) is 4.98. The van der Waals surface area contributed by atoms with Crippen LogP contribution in [0.15, 0.2) is 24.3 Å². The molecule has 0 unspecified atom stereocenters. The van der Waals surface area contributed by atoms with Crippen LogP contribution in [-0.4, -0.2) is 29.6 Å². The number of benzene rings is 1. The fraction of sp³-hybridized carbons (Fsp3) is 0.500. The largest absolute Gasteiger partial charge is 0.394 e. The Kier molecular flexibility index (Phi) is 7.46. The fourth-order valence-electron chi connectivity index (χ4n) is 1.92. The lowest BCUT2D eigenvalue weighted by atomic mass is 10.1. The van der Waals surface area contributed by atoms with Crippen LogP contribution in [-0.2, 0) is 4.79 Å². The Morgan fingerprint density at radius 1 is 1.29 bits per heavy atom. The molecule has 0 radical (unpaired) electrons. The van der Waals surface area contributed by atoms with Gasteiger partial charge in [0.1, 0.15) is 0 Å². The number of carbonyl (C=O) groups is 2. The van der Waals surface area contributed by atoms with E-state index in [0.29, 0.717) is 17.7 Å². The van der Waals surface area contributed by atoms with Crippen molar-refractivity contribution < 1.29 is 14.7 Å². The normalized spacial score (nSPS) is 11.8. The number of aliphatic hydroxyl groups is 1. The number of rotatable bonds is 8. The first kappa shape index (κ1) is 17.2. The van der Waals surface area contributed by atoms with Crippen LogP contribution in [0, 0.1) is 0 Å². The molecular weight excluding hydrogens is 268 g/mol. The third-order valence-corrected chi connectivity index (χ3v) is 3.19. The predicted octanol–water partition coefficient (Wildman–Crippen LogP) is 2.32. The van der Waals surface area contributed by atoms with E-state index in [1.165, 1.54) is 0 Å². The first-order valence-corrected chi connectivity index (χ1v) is 7.42. The minimum atomic E-state index is -0.238. The molecule has 0 saturated heterocycles. The van der Waals surface area contributed by atoms with Gasteiger partial charge >= 0.3 is 0 Å². The lowest BCUT2D eigenvalue weighted by Crippen LogP contribution is -2.37. The van der Waals surface area contributed by atoms with E-state index in [4.69, 9.17) is 0 Å². The van der Waals surface area contributed by atoms with Crippen LogP contribution in [0.5, 0.6) is 0 Å². The first-order valence-electron chi connectivity index (χ1n) is 7.42. The van der Waals surface area contributed by atoms with Gasteiger partial charge in [-0.05, 0) is 24.6 Å². The summed E-state index contributed by atoms with van der Waals surface area (Å²) in [4.78, 5) is 23.5. The van der Waals surface area contributed by atoms with Crippen LogP contribution in [0.25, 0.3) is 0 Å². The lowest BCUT2D eigenvalue weighted by Gasteiger charge is -2.16. The van der Waals surface area contributed by atoms with Crippen LogP contribution in [0.3, 0.4) is 0 Å². The molecule has 116 valence electrons. The number of hydrogen-bond donors (Lipinski definition) is 3. The first-order chi connectivity index (χ1) is 10.1. The highest BCUT2D eigenvalue weighted by molar-refractivity contribution is 5.97. The van der Waals surface area contributed by atoms with E-state index in [9.17, 15) is 14.7 Å². The Morgan fingerprint density at radius 2 is 2.05 bits per heavy atom. The Bertz CT molecular complexity index is 474. The van der Waals surface area contributed by atoms with Gasteiger partial charge in [0.2, 0.25) is 5.91 Å². The minimum absolute atomic E-state index is 0.0714. The fourth-order valence-corrected chi connectivity index (χ4v) is 1.92. The average Bonchev–Trinajstić information content (AvgIpc) is 2.51. The molecule has 1 aromatic rings. The van der Waals surface area contributed by atoms with Gasteiger partial charge in [-0.1, -0.05) is 32.8 Å². The smallest absolute Gasteiger partial charge is 0.251 e. The van der Waals surface area contributed by atoms with Crippen molar-refractivity contribution in [1.29, 1.82) is 0 Å². The van der Waals surface area contributed by atoms with Gasteiger partial charge in [0.25, 0.3) is 5.91 Å². The van der Waals surface area contributed by atoms with Gasteiger partial charge in [0.15, 0.2) is 0 Å². The lowest BCUT2D eigenvalue weighted by molar-refractivity contribution is -0.115. The zero-order chi connectivity index (χ0) is 15.7. The summed E-state index contributed by atoms with van der Waals surface area (Å²) in [5.41, 5.74) is 1.07. The molecular formula is C16H24N2O3. The molecule has 0 aliphatic rings. The van der Waals surface area contributed by atoms with E-state index in [2.05, 4.69) is 17.6 Å². The summed E-state index contributed by atoms with van der Waals surface area (Å²) in [6.07, 6.45) is 3.12. The number of anilines is 1. The summed E-state index contributed by atoms with van der Waals surface area (Å²) >= 11 is 0. The molecule has 1 rings (SSSR count). The molecule has 5 nitrogen and oxygen atoms in total. The topological polar surface area (TPSA) is 78.4 Å². The zero-order valence-corrected chi connectivity index (χ0v) is 12.7. The molecule has 0 heterocycles. The number of carbonyl (C=O) groups excluding carboxylic acids is 2. The van der Waals surface area contributed by atoms with Gasteiger partial charge < -0.3 is 15.7 Å². The van der Waals surface area contributed by atoms with Gasteiger partial charge in [-0.15, -0.1) is 0 Å². The standard InChI is InChI=1S/C16H24N2O3/c1-3-5-8-14(11-19)18-16(21)12-7-6-9-13(10-12)17-15(20)4-2/h6-7,9-10,14,19H,3-5,8,11H2,1-2H3,(H,17,20)(H,18,21)/t14-/m1/s1. The highest BCUT2D eigenvalue weighted by Gasteiger charge is 2.13. The highest BCUT2D eigenvalue weighted by Crippen LogP contribution is 2.11. The van der Waals surface area contributed by atoms with E-state index < -0.39 is 0 Å². The van der Waals surface area contributed by atoms with Crippen molar-refractivity contribution in [1.82, 2.24) is 5.32 Å². The Hall–Kier alpha value is -1.88. The van der Waals surface area contributed by atoms with Crippen LogP contribution in [0.2, 0.25) is 0 Å². The maximum Gasteiger partial charge on any atom is 0.251 e. The van der Waals surface area contributed by atoms with Crippen LogP contribution in [0.1, 0.15) is 49.9 Å². The molecule has 0 bridgehead atoms. The second kappa shape index (κ2) is 9.13. The van der Waals surface area contributed by atoms with Gasteiger partial charge in [0, 0.05) is 17.7 Å². The monoisotopic (exact) mass is 292 g/mol. The van der Waals surface area contributed by atoms with Crippen LogP contribution in [0.4, 0.5) is 5.69 Å². The summed E-state index contributed by atoms with van der Waals surface area (Å²) < 4.78 is 0. The summed E-state index contributed by atoms with van der Waals surface area (Å²) in [7, 11) is 0. The molecule has 1 aromatic carbocycles. The Morgan fingerprint density at radius 3 is 2.67 bits per heavy atom. The molecule has 0 aliphatic heterocycles. The summed E-state index contributed by atoms with van der Waals surface area (Å²) in [5, 5.41) is 14.8. The van der Waals surface area contributed by atoms with E-state index in [-0.39, 0.29) is 24.5 Å². The average molecular weight is 292 g/mol. The molecule has 5 heteroatoms. The molecule has 21 heavy (non-hydrogen) atoms. The molecule has 0 aromatic heterocycles. The molecule has 0 aliphatic carbocycles. The van der Waals surface area contributed by atoms with Gasteiger partial charge in [-0.2, -0.15) is 0 Å². The van der Waals surface area contributed by atoms with Crippen molar-refractivity contribution in [3.8, 4) is 0 Å². The minimum Gasteiger partial charge on any atom is -0.394 e. The maximum atomic E-state index is 12.1. The van der Waals surface area contributed by atoms with Crippen molar-refractivity contribution in [3.63, 3.8) is 0 Å². The molecule has 3 N–H and O–H groups in total. The summed E-state index contributed by atoms with van der Waals surface area (Å²) in [5.74, 6) is -0.332. The van der Waals surface area contributed by atoms with Gasteiger partial charge in [-0.3, -0.25) is 9.59 Å². The highest BCUT2D eigenvalue weighted by atomic mass is 16.3. The molecule has 0 spiro atoms. The zero-order valence-electron chi connectivity index (χ0n) is 12.7. The maximum absolute atomic E-state index is 12.1. The van der Waals surface area contributed by atoms with Gasteiger partial charge in [0.05, 0.1) is 12.6 Å². The van der Waals surface area contributed by atoms with E-state index in [1.54, 1.807) is 31.2 Å². The number of amides is 2. The molecule has 0 fully saturated rings.